The number of nitrogens with one attached hydrogen (secondary N) is 1. The third-order valence-corrected chi connectivity index (χ3v) is 4.19. The van der Waals surface area contributed by atoms with Crippen molar-refractivity contribution in [1.82, 2.24) is 15.3 Å². The number of rotatable bonds is 4. The number of aromatic nitrogens is 2. The van der Waals surface area contributed by atoms with Crippen LogP contribution in [0.4, 0.5) is 5.95 Å². The van der Waals surface area contributed by atoms with Crippen molar-refractivity contribution in [1.29, 1.82) is 0 Å². The van der Waals surface area contributed by atoms with Gasteiger partial charge in [-0.2, -0.15) is 0 Å². The Balaban J connectivity index is 1.62. The zero-order chi connectivity index (χ0) is 14.9. The second kappa shape index (κ2) is 5.31. The van der Waals surface area contributed by atoms with E-state index in [1.165, 1.54) is 0 Å². The van der Waals surface area contributed by atoms with E-state index in [2.05, 4.69) is 15.3 Å². The number of carboxylic acids is 1. The van der Waals surface area contributed by atoms with Gasteiger partial charge in [-0.25, -0.2) is 9.97 Å². The number of hydrogen-bond donors (Lipinski definition) is 2. The lowest BCUT2D eigenvalue weighted by Gasteiger charge is -2.33. The Bertz CT molecular complexity index is 544. The molecule has 1 aliphatic carbocycles. The number of carbonyl (C=O) groups excluding carboxylic acids is 1. The van der Waals surface area contributed by atoms with Crippen molar-refractivity contribution in [2.75, 3.05) is 18.0 Å². The lowest BCUT2D eigenvalue weighted by molar-refractivity contribution is -0.149. The van der Waals surface area contributed by atoms with E-state index in [1.807, 2.05) is 4.90 Å². The fraction of sp³-hybridized carbons (Fsp3) is 0.571. The Morgan fingerprint density at radius 1 is 1.33 bits per heavy atom. The van der Waals surface area contributed by atoms with E-state index >= 15 is 0 Å². The van der Waals surface area contributed by atoms with Crippen LogP contribution in [0.5, 0.6) is 0 Å². The highest BCUT2D eigenvalue weighted by atomic mass is 16.4. The van der Waals surface area contributed by atoms with E-state index in [9.17, 15) is 9.59 Å². The van der Waals surface area contributed by atoms with E-state index in [1.54, 1.807) is 18.5 Å². The molecule has 21 heavy (non-hydrogen) atoms. The molecule has 1 aromatic rings. The summed E-state index contributed by atoms with van der Waals surface area (Å²) < 4.78 is 0. The SMILES string of the molecule is O=C(O)C1(C(=O)NC2CCCN(c3ncccn3)C2)CC1. The van der Waals surface area contributed by atoms with Crippen LogP contribution < -0.4 is 10.2 Å². The van der Waals surface area contributed by atoms with Gasteiger partial charge in [0.1, 0.15) is 5.41 Å². The maximum atomic E-state index is 12.1. The minimum atomic E-state index is -1.18. The molecule has 112 valence electrons. The van der Waals surface area contributed by atoms with Crippen molar-refractivity contribution in [2.45, 2.75) is 31.7 Å². The average molecular weight is 290 g/mol. The normalized spacial score (nSPS) is 23.4. The van der Waals surface area contributed by atoms with E-state index in [-0.39, 0.29) is 11.9 Å². The quantitative estimate of drug-likeness (QED) is 0.781. The molecular formula is C14H18N4O3. The highest BCUT2D eigenvalue weighted by Crippen LogP contribution is 2.46. The first kappa shape index (κ1) is 13.8. The molecule has 2 aliphatic rings. The predicted octanol–water partition coefficient (Wildman–Crippen LogP) is 0.426. The van der Waals surface area contributed by atoms with E-state index in [4.69, 9.17) is 5.11 Å². The molecule has 2 heterocycles. The second-order valence-electron chi connectivity index (χ2n) is 5.69. The van der Waals surface area contributed by atoms with E-state index < -0.39 is 11.4 Å². The van der Waals surface area contributed by atoms with Crippen molar-refractivity contribution >= 4 is 17.8 Å². The summed E-state index contributed by atoms with van der Waals surface area (Å²) in [5.74, 6) is -0.717. The molecule has 3 rings (SSSR count). The molecule has 7 heteroatoms. The van der Waals surface area contributed by atoms with Crippen LogP contribution in [-0.2, 0) is 9.59 Å². The summed E-state index contributed by atoms with van der Waals surface area (Å²) in [4.78, 5) is 33.7. The van der Waals surface area contributed by atoms with Gasteiger partial charge in [-0.15, -0.1) is 0 Å². The summed E-state index contributed by atoms with van der Waals surface area (Å²) >= 11 is 0. The largest absolute Gasteiger partial charge is 0.480 e. The molecule has 1 amide bonds. The molecule has 0 spiro atoms. The Kier molecular flexibility index (Phi) is 3.48. The lowest BCUT2D eigenvalue weighted by Crippen LogP contribution is -2.51. The minimum absolute atomic E-state index is 0.0492. The molecule has 0 aromatic carbocycles. The monoisotopic (exact) mass is 290 g/mol. The van der Waals surface area contributed by atoms with E-state index in [0.717, 1.165) is 19.4 Å². The maximum absolute atomic E-state index is 12.1. The average Bonchev–Trinajstić information content (AvgIpc) is 3.30. The third kappa shape index (κ3) is 2.68. The van der Waals surface area contributed by atoms with Crippen LogP contribution in [0, 0.1) is 5.41 Å². The number of carboxylic acid groups (broad SMARTS) is 1. The molecule has 1 atom stereocenters. The number of piperidine rings is 1. The van der Waals surface area contributed by atoms with Crippen LogP contribution >= 0.6 is 0 Å². The topological polar surface area (TPSA) is 95.4 Å². The van der Waals surface area contributed by atoms with E-state index in [0.29, 0.717) is 25.3 Å². The highest BCUT2D eigenvalue weighted by Gasteiger charge is 2.57. The van der Waals surface area contributed by atoms with Gasteiger partial charge < -0.3 is 15.3 Å². The molecule has 7 nitrogen and oxygen atoms in total. The Labute approximate surface area is 122 Å². The van der Waals surface area contributed by atoms with Crippen molar-refractivity contribution in [3.63, 3.8) is 0 Å². The fourth-order valence-electron chi connectivity index (χ4n) is 2.72. The number of amides is 1. The number of aliphatic carboxylic acids is 1. The van der Waals surface area contributed by atoms with Gasteiger partial charge in [0.15, 0.2) is 0 Å². The first-order valence-corrected chi connectivity index (χ1v) is 7.18. The van der Waals surface area contributed by atoms with Crippen LogP contribution in [-0.4, -0.2) is 46.1 Å². The van der Waals surface area contributed by atoms with Crippen LogP contribution in [0.2, 0.25) is 0 Å². The number of anilines is 1. The van der Waals surface area contributed by atoms with Gasteiger partial charge in [-0.1, -0.05) is 0 Å². The molecule has 0 bridgehead atoms. The van der Waals surface area contributed by atoms with Crippen molar-refractivity contribution < 1.29 is 14.7 Å². The van der Waals surface area contributed by atoms with Gasteiger partial charge in [0.25, 0.3) is 0 Å². The lowest BCUT2D eigenvalue weighted by atomic mass is 10.0. The molecule has 0 radical (unpaired) electrons. The zero-order valence-corrected chi connectivity index (χ0v) is 11.7. The summed E-state index contributed by atoms with van der Waals surface area (Å²) in [5.41, 5.74) is -1.18. The molecule has 1 saturated carbocycles. The minimum Gasteiger partial charge on any atom is -0.480 e. The summed E-state index contributed by atoms with van der Waals surface area (Å²) in [5, 5.41) is 12.0. The molecule has 1 saturated heterocycles. The van der Waals surface area contributed by atoms with Gasteiger partial charge in [0, 0.05) is 31.5 Å². The molecule has 1 aromatic heterocycles. The number of nitrogens with zero attached hydrogens (tertiary/aromatic N) is 3. The van der Waals surface area contributed by atoms with Gasteiger partial charge in [0.2, 0.25) is 11.9 Å². The molecule has 1 aliphatic heterocycles. The van der Waals surface area contributed by atoms with Crippen LogP contribution in [0.15, 0.2) is 18.5 Å². The Hall–Kier alpha value is -2.18. The zero-order valence-electron chi connectivity index (χ0n) is 11.7. The summed E-state index contributed by atoms with van der Waals surface area (Å²) in [7, 11) is 0. The number of carbonyl (C=O) groups is 2. The third-order valence-electron chi connectivity index (χ3n) is 4.19. The van der Waals surface area contributed by atoms with Crippen LogP contribution in [0.3, 0.4) is 0 Å². The second-order valence-corrected chi connectivity index (χ2v) is 5.69. The van der Waals surface area contributed by atoms with Crippen molar-refractivity contribution in [3.05, 3.63) is 18.5 Å². The van der Waals surface area contributed by atoms with Crippen molar-refractivity contribution in [3.8, 4) is 0 Å². The fourth-order valence-corrected chi connectivity index (χ4v) is 2.72. The Morgan fingerprint density at radius 3 is 2.67 bits per heavy atom. The van der Waals surface area contributed by atoms with Gasteiger partial charge >= 0.3 is 5.97 Å². The van der Waals surface area contributed by atoms with Crippen molar-refractivity contribution in [2.24, 2.45) is 5.41 Å². The molecular weight excluding hydrogens is 272 g/mol. The number of hydrogen-bond acceptors (Lipinski definition) is 5. The van der Waals surface area contributed by atoms with Crippen LogP contribution in [0.25, 0.3) is 0 Å². The molecule has 1 unspecified atom stereocenters. The standard InChI is InChI=1S/C14H18N4O3/c19-11(14(4-5-14)12(20)21)17-10-3-1-8-18(9-10)13-15-6-2-7-16-13/h2,6-7,10H,1,3-5,8-9H2,(H,17,19)(H,20,21). The van der Waals surface area contributed by atoms with Crippen LogP contribution in [0.1, 0.15) is 25.7 Å². The summed E-state index contributed by atoms with van der Waals surface area (Å²) in [6.45, 7) is 1.46. The predicted molar refractivity (Wildman–Crippen MR) is 74.7 cm³/mol. The maximum Gasteiger partial charge on any atom is 0.319 e. The van der Waals surface area contributed by atoms with Gasteiger partial charge in [0.05, 0.1) is 0 Å². The first-order chi connectivity index (χ1) is 10.1. The summed E-state index contributed by atoms with van der Waals surface area (Å²) in [6, 6.07) is 1.71. The summed E-state index contributed by atoms with van der Waals surface area (Å²) in [6.07, 6.45) is 6.02. The first-order valence-electron chi connectivity index (χ1n) is 7.18. The van der Waals surface area contributed by atoms with Gasteiger partial charge in [-0.3, -0.25) is 9.59 Å². The highest BCUT2D eigenvalue weighted by molar-refractivity contribution is 6.04. The Morgan fingerprint density at radius 2 is 2.05 bits per heavy atom. The smallest absolute Gasteiger partial charge is 0.319 e. The molecule has 2 fully saturated rings. The molecule has 2 N–H and O–H groups in total. The van der Waals surface area contributed by atoms with Gasteiger partial charge in [-0.05, 0) is 31.7 Å².